The largest absolute Gasteiger partial charge is 0.492 e. The average molecular weight is 848 g/mol. The maximum absolute atomic E-state index is 14.5. The molecule has 3 aromatic carbocycles. The Balaban J connectivity index is 1.90. The number of nitrogens with two attached hydrogens (primary N) is 3. The summed E-state index contributed by atoms with van der Waals surface area (Å²) in [5.74, 6) is -3.03. The molecule has 4 rings (SSSR count). The molecule has 0 saturated heterocycles. The molecule has 1 aliphatic rings. The lowest BCUT2D eigenvalue weighted by atomic mass is 9.89. The van der Waals surface area contributed by atoms with Crippen LogP contribution in [0.2, 0.25) is 0 Å². The molecule has 0 radical (unpaired) electrons. The minimum Gasteiger partial charge on any atom is -0.492 e. The van der Waals surface area contributed by atoms with Gasteiger partial charge in [-0.25, -0.2) is 13.1 Å². The van der Waals surface area contributed by atoms with Gasteiger partial charge in [-0.2, -0.15) is 0 Å². The molecule has 0 aromatic heterocycles. The van der Waals surface area contributed by atoms with Crippen molar-refractivity contribution in [2.45, 2.75) is 71.0 Å². The molecule has 4 atom stereocenters. The van der Waals surface area contributed by atoms with E-state index in [1.54, 1.807) is 55.5 Å². The van der Waals surface area contributed by atoms with Crippen LogP contribution >= 0.6 is 0 Å². The molecule has 0 fully saturated rings. The van der Waals surface area contributed by atoms with Gasteiger partial charge in [0.1, 0.15) is 36.8 Å². The minimum atomic E-state index is -4.11. The molecule has 3 aromatic rings. The zero-order valence-corrected chi connectivity index (χ0v) is 35.4. The summed E-state index contributed by atoms with van der Waals surface area (Å²) in [7, 11) is -2.67. The molecule has 16 nitrogen and oxygen atoms in total. The molecule has 0 aliphatic carbocycles. The zero-order valence-electron chi connectivity index (χ0n) is 34.6. The van der Waals surface area contributed by atoms with Crippen LogP contribution in [0.4, 0.5) is 0 Å². The van der Waals surface area contributed by atoms with E-state index in [0.29, 0.717) is 44.7 Å². The first-order chi connectivity index (χ1) is 28.5. The van der Waals surface area contributed by atoms with Crippen molar-refractivity contribution in [3.05, 3.63) is 94.4 Å². The maximum Gasteiger partial charge on any atom is 0.256 e. The first-order valence-corrected chi connectivity index (χ1v) is 21.4. The smallest absolute Gasteiger partial charge is 0.256 e. The molecule has 60 heavy (non-hydrogen) atoms. The lowest BCUT2D eigenvalue weighted by Crippen LogP contribution is -2.52. The lowest BCUT2D eigenvalue weighted by molar-refractivity contribution is -0.141. The molecule has 17 heteroatoms. The molecule has 4 amide bonds. The van der Waals surface area contributed by atoms with Crippen LogP contribution in [0.5, 0.6) is 11.5 Å². The third kappa shape index (κ3) is 12.2. The van der Waals surface area contributed by atoms with Crippen molar-refractivity contribution in [3.63, 3.8) is 0 Å². The molecule has 4 bridgehead atoms. The van der Waals surface area contributed by atoms with Crippen LogP contribution in [0.3, 0.4) is 0 Å². The number of Topliss-reactive ketones (excluding diaryl/α,β-unsaturated/α-hetero) is 1. The summed E-state index contributed by atoms with van der Waals surface area (Å²) < 4.78 is 38.9. The van der Waals surface area contributed by atoms with Crippen molar-refractivity contribution in [1.82, 2.24) is 20.3 Å². The monoisotopic (exact) mass is 847 g/mol. The number of amides is 4. The summed E-state index contributed by atoms with van der Waals surface area (Å²) >= 11 is 0. The number of ketones is 1. The van der Waals surface area contributed by atoms with Crippen LogP contribution in [-0.2, 0) is 35.6 Å². The number of nitrogens with zero attached hydrogens (tertiary/aromatic N) is 1. The molecule has 0 unspecified atom stereocenters. The third-order valence-corrected chi connectivity index (χ3v) is 11.1. The van der Waals surface area contributed by atoms with Gasteiger partial charge in [0, 0.05) is 54.6 Å². The van der Waals surface area contributed by atoms with E-state index in [4.69, 9.17) is 26.7 Å². The van der Waals surface area contributed by atoms with Crippen LogP contribution in [0.1, 0.15) is 71.3 Å². The van der Waals surface area contributed by atoms with Crippen molar-refractivity contribution < 1.29 is 41.9 Å². The van der Waals surface area contributed by atoms with E-state index in [1.807, 2.05) is 17.7 Å². The summed E-state index contributed by atoms with van der Waals surface area (Å²) in [5.41, 5.74) is 21.5. The topological polar surface area (TPSA) is 255 Å². The van der Waals surface area contributed by atoms with Gasteiger partial charge in [-0.1, -0.05) is 36.4 Å². The van der Waals surface area contributed by atoms with Crippen molar-refractivity contribution in [2.24, 2.45) is 23.1 Å². The molecule has 1 heterocycles. The average Bonchev–Trinajstić information content (AvgIpc) is 3.21. The Bertz CT molecular complexity index is 2180. The number of hydrogen-bond acceptors (Lipinski definition) is 12. The second-order valence-corrected chi connectivity index (χ2v) is 16.4. The summed E-state index contributed by atoms with van der Waals surface area (Å²) in [6, 6.07) is 12.0. The standard InChI is InChI=1S/C43H57N7O9S/c1-6-60(56,57)49-40(52)31-8-7-9-36(51)28(4)47-42(54)39(50(5)43(55)35(16-17-44)48-41(53)32-13-10-26(2)22-27(32)3)30-12-15-38(59-21-19-46)34(25-30)33-24-29(23-31)11-14-37(33)58-20-18-45/h6,10-15,22,24-25,28,31,35,39H,1,7-9,16-21,23,44-46H2,2-5H3,(H,47,54)(H,48,53)(H,49,52)/t28-,31-,35-,39-/m0/s1. The fourth-order valence-electron chi connectivity index (χ4n) is 7.07. The number of carbonyl (C=O) groups is 5. The number of sulfonamides is 1. The molecule has 1 aliphatic heterocycles. The fraction of sp³-hybridized carbons (Fsp3) is 0.419. The van der Waals surface area contributed by atoms with Crippen LogP contribution in [0.25, 0.3) is 11.1 Å². The number of hydrogen-bond donors (Lipinski definition) is 6. The van der Waals surface area contributed by atoms with Crippen LogP contribution < -0.4 is 42.0 Å². The van der Waals surface area contributed by atoms with E-state index in [9.17, 15) is 32.4 Å². The highest BCUT2D eigenvalue weighted by Crippen LogP contribution is 2.40. The van der Waals surface area contributed by atoms with Gasteiger partial charge in [0.15, 0.2) is 5.78 Å². The van der Waals surface area contributed by atoms with Gasteiger partial charge in [0.25, 0.3) is 15.9 Å². The van der Waals surface area contributed by atoms with Gasteiger partial charge in [-0.15, -0.1) is 0 Å². The van der Waals surface area contributed by atoms with Crippen molar-refractivity contribution in [2.75, 3.05) is 39.9 Å². The number of nitrogens with one attached hydrogen (secondary N) is 3. The molecule has 9 N–H and O–H groups in total. The second-order valence-electron chi connectivity index (χ2n) is 14.8. The molecule has 0 spiro atoms. The predicted octanol–water partition coefficient (Wildman–Crippen LogP) is 2.30. The quantitative estimate of drug-likeness (QED) is 0.129. The normalized spacial score (nSPS) is 17.8. The van der Waals surface area contributed by atoms with E-state index in [2.05, 4.69) is 17.2 Å². The van der Waals surface area contributed by atoms with Crippen molar-refractivity contribution in [1.29, 1.82) is 0 Å². The summed E-state index contributed by atoms with van der Waals surface area (Å²) in [6.07, 6.45) is 0.415. The number of carbonyl (C=O) groups excluding carboxylic acids is 5. The Morgan fingerprint density at radius 3 is 2.22 bits per heavy atom. The highest BCUT2D eigenvalue weighted by molar-refractivity contribution is 7.92. The number of aryl methyl sites for hydroxylation is 2. The number of rotatable bonds is 15. The zero-order chi connectivity index (χ0) is 44.1. The molecule has 0 saturated carbocycles. The summed E-state index contributed by atoms with van der Waals surface area (Å²) in [5, 5.41) is 6.23. The Labute approximate surface area is 351 Å². The van der Waals surface area contributed by atoms with E-state index >= 15 is 0 Å². The van der Waals surface area contributed by atoms with E-state index in [1.165, 1.54) is 18.9 Å². The highest BCUT2D eigenvalue weighted by Gasteiger charge is 2.35. The second kappa shape index (κ2) is 21.6. The Morgan fingerprint density at radius 2 is 1.60 bits per heavy atom. The number of fused-ring (bicyclic) bond motifs is 5. The third-order valence-electron chi connectivity index (χ3n) is 10.2. The molecule has 324 valence electrons. The highest BCUT2D eigenvalue weighted by atomic mass is 32.2. The van der Waals surface area contributed by atoms with E-state index < -0.39 is 57.7 Å². The van der Waals surface area contributed by atoms with Gasteiger partial charge in [-0.05, 0) is 100 Å². The molecular formula is C43H57N7O9S. The summed E-state index contributed by atoms with van der Waals surface area (Å²) in [6.45, 7) is 9.16. The Kier molecular flexibility index (Phi) is 16.9. The summed E-state index contributed by atoms with van der Waals surface area (Å²) in [4.78, 5) is 70.6. The van der Waals surface area contributed by atoms with Crippen molar-refractivity contribution in [3.8, 4) is 22.6 Å². The number of likely N-dealkylation sites (N-methyl/N-ethyl adjacent to an activating group) is 1. The fourth-order valence-corrected chi connectivity index (χ4v) is 7.60. The van der Waals surface area contributed by atoms with Crippen LogP contribution in [0.15, 0.2) is 66.6 Å². The minimum absolute atomic E-state index is 0.0453. The van der Waals surface area contributed by atoms with Gasteiger partial charge in [-0.3, -0.25) is 24.0 Å². The SMILES string of the molecule is C=CS(=O)(=O)NC(=O)[C@H]1CCCC(=O)[C@H](C)NC(=O)[C@@H](N(C)C(=O)[C@H](CCN)NC(=O)c2ccc(C)cc2C)c2ccc(OCCN)c(c2)-c2cc(ccc2OCCN)C1. The van der Waals surface area contributed by atoms with Gasteiger partial charge < -0.3 is 42.2 Å². The first-order valence-electron chi connectivity index (χ1n) is 19.8. The first kappa shape index (κ1) is 47.1. The lowest BCUT2D eigenvalue weighted by Gasteiger charge is -2.32. The van der Waals surface area contributed by atoms with Gasteiger partial charge in [0.2, 0.25) is 17.7 Å². The maximum atomic E-state index is 14.5. The van der Waals surface area contributed by atoms with Crippen molar-refractivity contribution >= 4 is 39.4 Å². The van der Waals surface area contributed by atoms with Gasteiger partial charge in [0.05, 0.1) is 6.04 Å². The molecular weight excluding hydrogens is 791 g/mol. The Hall–Kier alpha value is -5.62. The van der Waals surface area contributed by atoms with Crippen LogP contribution in [-0.4, -0.2) is 94.7 Å². The number of benzene rings is 3. The predicted molar refractivity (Wildman–Crippen MR) is 228 cm³/mol. The van der Waals surface area contributed by atoms with Crippen LogP contribution in [0, 0.1) is 19.8 Å². The number of ether oxygens (including phenoxy) is 2. The van der Waals surface area contributed by atoms with Gasteiger partial charge >= 0.3 is 0 Å². The van der Waals surface area contributed by atoms with E-state index in [-0.39, 0.29) is 70.7 Å². The Morgan fingerprint density at radius 1 is 0.950 bits per heavy atom. The van der Waals surface area contributed by atoms with E-state index in [0.717, 1.165) is 11.1 Å².